The molecule has 0 atom stereocenters. The number of carbonyl (C=O) groups is 2. The van der Waals surface area contributed by atoms with Crippen LogP contribution in [0.5, 0.6) is 0 Å². The zero-order valence-electron chi connectivity index (χ0n) is 10.0. The second kappa shape index (κ2) is 5.16. The van der Waals surface area contributed by atoms with Crippen LogP contribution in [0.1, 0.15) is 25.7 Å². The number of aromatic nitrogens is 3. The van der Waals surface area contributed by atoms with E-state index in [1.807, 2.05) is 0 Å². The highest BCUT2D eigenvalue weighted by molar-refractivity contribution is 6.02. The first-order valence-electron chi connectivity index (χ1n) is 6.01. The van der Waals surface area contributed by atoms with Crippen LogP contribution in [0.3, 0.4) is 0 Å². The van der Waals surface area contributed by atoms with Gasteiger partial charge in [0.15, 0.2) is 0 Å². The molecule has 1 fully saturated rings. The Bertz CT molecular complexity index is 426. The largest absolute Gasteiger partial charge is 0.480 e. The molecule has 1 aliphatic rings. The minimum atomic E-state index is -1.17. The van der Waals surface area contributed by atoms with Gasteiger partial charge >= 0.3 is 5.97 Å². The van der Waals surface area contributed by atoms with Gasteiger partial charge in [0.2, 0.25) is 5.91 Å². The van der Waals surface area contributed by atoms with Gasteiger partial charge in [-0.3, -0.25) is 14.3 Å². The summed E-state index contributed by atoms with van der Waals surface area (Å²) in [4.78, 5) is 22.9. The van der Waals surface area contributed by atoms with E-state index in [1.165, 1.54) is 0 Å². The Labute approximate surface area is 104 Å². The van der Waals surface area contributed by atoms with Gasteiger partial charge in [0, 0.05) is 19.3 Å². The Morgan fingerprint density at radius 1 is 1.44 bits per heavy atom. The van der Waals surface area contributed by atoms with Crippen LogP contribution >= 0.6 is 0 Å². The molecule has 2 N–H and O–H groups in total. The molecular formula is C11H16N4O3. The van der Waals surface area contributed by atoms with Gasteiger partial charge in [-0.1, -0.05) is 11.6 Å². The fourth-order valence-electron chi connectivity index (χ4n) is 2.03. The highest BCUT2D eigenvalue weighted by Crippen LogP contribution is 2.41. The highest BCUT2D eigenvalue weighted by atomic mass is 16.4. The van der Waals surface area contributed by atoms with E-state index in [2.05, 4.69) is 15.6 Å². The SMILES string of the molecule is O=C(O)C1(C(=O)NCCCn2ccnn2)CCC1. The van der Waals surface area contributed by atoms with Crippen molar-refractivity contribution in [1.82, 2.24) is 20.3 Å². The molecule has 18 heavy (non-hydrogen) atoms. The molecule has 1 amide bonds. The lowest BCUT2D eigenvalue weighted by atomic mass is 9.68. The van der Waals surface area contributed by atoms with E-state index < -0.39 is 11.4 Å². The number of nitrogens with one attached hydrogen (secondary N) is 1. The van der Waals surface area contributed by atoms with E-state index in [1.54, 1.807) is 17.1 Å². The molecule has 0 radical (unpaired) electrons. The van der Waals surface area contributed by atoms with E-state index in [0.717, 1.165) is 6.42 Å². The smallest absolute Gasteiger partial charge is 0.319 e. The van der Waals surface area contributed by atoms with Crippen LogP contribution in [0, 0.1) is 5.41 Å². The van der Waals surface area contributed by atoms with Gasteiger partial charge in [-0.15, -0.1) is 5.10 Å². The summed E-state index contributed by atoms with van der Waals surface area (Å²) in [5, 5.41) is 19.2. The number of carboxylic acid groups (broad SMARTS) is 1. The average Bonchev–Trinajstić information content (AvgIpc) is 2.75. The summed E-state index contributed by atoms with van der Waals surface area (Å²) in [5.41, 5.74) is -1.17. The van der Waals surface area contributed by atoms with Gasteiger partial charge in [-0.05, 0) is 19.3 Å². The van der Waals surface area contributed by atoms with Crippen molar-refractivity contribution in [2.24, 2.45) is 5.41 Å². The van der Waals surface area contributed by atoms with Crippen molar-refractivity contribution in [1.29, 1.82) is 0 Å². The fourth-order valence-corrected chi connectivity index (χ4v) is 2.03. The Morgan fingerprint density at radius 2 is 2.22 bits per heavy atom. The highest BCUT2D eigenvalue weighted by Gasteiger charge is 2.50. The van der Waals surface area contributed by atoms with Gasteiger partial charge in [-0.25, -0.2) is 0 Å². The van der Waals surface area contributed by atoms with Crippen LogP contribution < -0.4 is 5.32 Å². The Morgan fingerprint density at radius 3 is 2.72 bits per heavy atom. The molecule has 1 saturated carbocycles. The van der Waals surface area contributed by atoms with Crippen LogP contribution in [0.4, 0.5) is 0 Å². The topological polar surface area (TPSA) is 97.1 Å². The molecule has 1 aromatic rings. The maximum Gasteiger partial charge on any atom is 0.319 e. The van der Waals surface area contributed by atoms with E-state index in [-0.39, 0.29) is 5.91 Å². The maximum atomic E-state index is 11.8. The Kier molecular flexibility index (Phi) is 3.59. The van der Waals surface area contributed by atoms with Gasteiger partial charge in [0.1, 0.15) is 5.41 Å². The Hall–Kier alpha value is -1.92. The predicted octanol–water partition coefficient (Wildman–Crippen LogP) is 0.0393. The molecule has 2 rings (SSSR count). The molecule has 0 saturated heterocycles. The number of aliphatic carboxylic acids is 1. The van der Waals surface area contributed by atoms with Crippen LogP contribution in [0.2, 0.25) is 0 Å². The molecule has 7 heteroatoms. The summed E-state index contributed by atoms with van der Waals surface area (Å²) in [6.45, 7) is 1.11. The summed E-state index contributed by atoms with van der Waals surface area (Å²) in [6, 6.07) is 0. The summed E-state index contributed by atoms with van der Waals surface area (Å²) >= 11 is 0. The zero-order chi connectivity index (χ0) is 13.0. The molecule has 7 nitrogen and oxygen atoms in total. The molecule has 1 aromatic heterocycles. The normalized spacial score (nSPS) is 16.9. The number of hydrogen-bond acceptors (Lipinski definition) is 4. The zero-order valence-corrected chi connectivity index (χ0v) is 10.0. The number of nitrogens with zero attached hydrogens (tertiary/aromatic N) is 3. The van der Waals surface area contributed by atoms with Crippen molar-refractivity contribution in [3.63, 3.8) is 0 Å². The van der Waals surface area contributed by atoms with Crippen molar-refractivity contribution in [3.8, 4) is 0 Å². The second-order valence-electron chi connectivity index (χ2n) is 4.52. The van der Waals surface area contributed by atoms with Crippen LogP contribution in [0.15, 0.2) is 12.4 Å². The maximum absolute atomic E-state index is 11.8. The monoisotopic (exact) mass is 252 g/mol. The van der Waals surface area contributed by atoms with Crippen LogP contribution in [-0.4, -0.2) is 38.5 Å². The van der Waals surface area contributed by atoms with Gasteiger partial charge in [0.25, 0.3) is 0 Å². The van der Waals surface area contributed by atoms with Gasteiger partial charge < -0.3 is 10.4 Å². The molecule has 0 unspecified atom stereocenters. The van der Waals surface area contributed by atoms with Crippen molar-refractivity contribution < 1.29 is 14.7 Å². The quantitative estimate of drug-likeness (QED) is 0.550. The average molecular weight is 252 g/mol. The number of amides is 1. The standard InChI is InChI=1S/C11H16N4O3/c16-9(11(10(17)18)3-1-4-11)12-5-2-7-15-8-6-13-14-15/h6,8H,1-5,7H2,(H,12,16)(H,17,18). The molecule has 0 aromatic carbocycles. The molecular weight excluding hydrogens is 236 g/mol. The van der Waals surface area contributed by atoms with E-state index in [9.17, 15) is 9.59 Å². The molecule has 98 valence electrons. The van der Waals surface area contributed by atoms with Crippen LogP contribution in [0.25, 0.3) is 0 Å². The molecule has 0 spiro atoms. The van der Waals surface area contributed by atoms with Crippen molar-refractivity contribution in [3.05, 3.63) is 12.4 Å². The number of carbonyl (C=O) groups excluding carboxylic acids is 1. The minimum Gasteiger partial charge on any atom is -0.480 e. The first kappa shape index (κ1) is 12.5. The van der Waals surface area contributed by atoms with Crippen molar-refractivity contribution in [2.75, 3.05) is 6.54 Å². The van der Waals surface area contributed by atoms with E-state index in [0.29, 0.717) is 32.4 Å². The summed E-state index contributed by atoms with van der Waals surface area (Å²) in [5.74, 6) is -1.37. The molecule has 1 heterocycles. The number of rotatable bonds is 6. The van der Waals surface area contributed by atoms with E-state index >= 15 is 0 Å². The number of hydrogen-bond donors (Lipinski definition) is 2. The molecule has 0 bridgehead atoms. The lowest BCUT2D eigenvalue weighted by molar-refractivity contribution is -0.162. The van der Waals surface area contributed by atoms with Crippen molar-refractivity contribution >= 4 is 11.9 Å². The predicted molar refractivity (Wildman–Crippen MR) is 61.6 cm³/mol. The lowest BCUT2D eigenvalue weighted by Gasteiger charge is -2.35. The minimum absolute atomic E-state index is 0.361. The number of carboxylic acids is 1. The first-order chi connectivity index (χ1) is 8.65. The number of aryl methyl sites for hydroxylation is 1. The summed E-state index contributed by atoms with van der Waals surface area (Å²) in [7, 11) is 0. The van der Waals surface area contributed by atoms with Gasteiger partial charge in [-0.2, -0.15) is 0 Å². The van der Waals surface area contributed by atoms with Gasteiger partial charge in [0.05, 0.1) is 6.20 Å². The van der Waals surface area contributed by atoms with E-state index in [4.69, 9.17) is 5.11 Å². The third kappa shape index (κ3) is 2.34. The van der Waals surface area contributed by atoms with Crippen LogP contribution in [-0.2, 0) is 16.1 Å². The second-order valence-corrected chi connectivity index (χ2v) is 4.52. The third-order valence-electron chi connectivity index (χ3n) is 3.37. The Balaban J connectivity index is 1.73. The third-order valence-corrected chi connectivity index (χ3v) is 3.37. The molecule has 1 aliphatic carbocycles. The lowest BCUT2D eigenvalue weighted by Crippen LogP contribution is -2.51. The fraction of sp³-hybridized carbons (Fsp3) is 0.636. The molecule has 0 aliphatic heterocycles. The first-order valence-corrected chi connectivity index (χ1v) is 6.01. The summed E-state index contributed by atoms with van der Waals surface area (Å²) < 4.78 is 1.67. The summed E-state index contributed by atoms with van der Waals surface area (Å²) in [6.07, 6.45) is 5.72. The van der Waals surface area contributed by atoms with Crippen molar-refractivity contribution in [2.45, 2.75) is 32.2 Å².